The number of carbonyl (C=O) groups excluding carboxylic acids is 1. The van der Waals surface area contributed by atoms with Gasteiger partial charge in [-0.25, -0.2) is 4.39 Å². The normalized spacial score (nSPS) is 9.86. The Morgan fingerprint density at radius 3 is 3.00 bits per heavy atom. The molecular formula is C14H13FN4O2. The summed E-state index contributed by atoms with van der Waals surface area (Å²) in [5, 5.41) is 6.28. The summed E-state index contributed by atoms with van der Waals surface area (Å²) >= 11 is 0. The minimum absolute atomic E-state index is 0.108. The van der Waals surface area contributed by atoms with Gasteiger partial charge in [-0.2, -0.15) is 4.98 Å². The Bertz CT molecular complexity index is 715. The van der Waals surface area contributed by atoms with Crippen LogP contribution < -0.4 is 11.1 Å². The van der Waals surface area contributed by atoms with Gasteiger partial charge in [0.2, 0.25) is 5.89 Å². The van der Waals surface area contributed by atoms with E-state index in [0.717, 1.165) is 0 Å². The number of nitrogens with one attached hydrogen (secondary N) is 1. The molecule has 0 bridgehead atoms. The van der Waals surface area contributed by atoms with Gasteiger partial charge in [0.1, 0.15) is 5.82 Å². The Morgan fingerprint density at radius 2 is 2.33 bits per heavy atom. The van der Waals surface area contributed by atoms with Gasteiger partial charge in [0.25, 0.3) is 5.91 Å². The fourth-order valence-corrected chi connectivity index (χ4v) is 1.63. The third-order valence-electron chi connectivity index (χ3n) is 2.53. The highest BCUT2D eigenvalue weighted by atomic mass is 19.1. The third kappa shape index (κ3) is 3.87. The molecule has 0 saturated carbocycles. The second kappa shape index (κ2) is 6.63. The van der Waals surface area contributed by atoms with Gasteiger partial charge in [0.05, 0.1) is 18.7 Å². The van der Waals surface area contributed by atoms with Gasteiger partial charge in [-0.3, -0.25) is 4.79 Å². The zero-order valence-electron chi connectivity index (χ0n) is 11.3. The molecule has 1 aromatic carbocycles. The highest BCUT2D eigenvalue weighted by Gasteiger charge is 2.12. The average molecular weight is 288 g/mol. The Kier molecular flexibility index (Phi) is 4.64. The van der Waals surface area contributed by atoms with Crippen LogP contribution in [0.3, 0.4) is 0 Å². The van der Waals surface area contributed by atoms with Gasteiger partial charge in [-0.05, 0) is 18.2 Å². The molecule has 0 unspecified atom stereocenters. The minimum Gasteiger partial charge on any atom is -0.345 e. The van der Waals surface area contributed by atoms with Crippen molar-refractivity contribution in [2.75, 3.05) is 6.54 Å². The number of carbonyl (C=O) groups is 1. The van der Waals surface area contributed by atoms with Gasteiger partial charge in [0.15, 0.2) is 5.82 Å². The molecule has 0 atom stereocenters. The molecule has 0 aliphatic carbocycles. The summed E-state index contributed by atoms with van der Waals surface area (Å²) in [4.78, 5) is 16.1. The molecule has 1 heterocycles. The number of hydrogen-bond acceptors (Lipinski definition) is 5. The topological polar surface area (TPSA) is 94.0 Å². The molecule has 0 saturated heterocycles. The maximum absolute atomic E-state index is 13.2. The van der Waals surface area contributed by atoms with E-state index in [9.17, 15) is 9.18 Å². The predicted molar refractivity (Wildman–Crippen MR) is 72.5 cm³/mol. The van der Waals surface area contributed by atoms with Crippen LogP contribution in [-0.4, -0.2) is 22.6 Å². The highest BCUT2D eigenvalue weighted by molar-refractivity contribution is 5.96. The second-order valence-electron chi connectivity index (χ2n) is 4.11. The molecule has 0 spiro atoms. The van der Waals surface area contributed by atoms with Crippen molar-refractivity contribution in [1.29, 1.82) is 0 Å². The molecule has 1 aromatic heterocycles. The number of rotatable bonds is 3. The van der Waals surface area contributed by atoms with Crippen LogP contribution in [-0.2, 0) is 6.54 Å². The van der Waals surface area contributed by atoms with E-state index in [2.05, 4.69) is 27.3 Å². The highest BCUT2D eigenvalue weighted by Crippen LogP contribution is 2.10. The van der Waals surface area contributed by atoms with E-state index in [1.165, 1.54) is 18.2 Å². The van der Waals surface area contributed by atoms with Gasteiger partial charge in [0, 0.05) is 12.5 Å². The average Bonchev–Trinajstić information content (AvgIpc) is 2.88. The van der Waals surface area contributed by atoms with Gasteiger partial charge < -0.3 is 15.6 Å². The lowest BCUT2D eigenvalue weighted by Crippen LogP contribution is -2.24. The predicted octanol–water partition coefficient (Wildman–Crippen LogP) is 0.757. The Morgan fingerprint density at radius 1 is 1.52 bits per heavy atom. The first kappa shape index (κ1) is 14.7. The summed E-state index contributed by atoms with van der Waals surface area (Å²) in [7, 11) is 0. The van der Waals surface area contributed by atoms with Crippen LogP contribution in [0.4, 0.5) is 4.39 Å². The number of aryl methyl sites for hydroxylation is 1. The number of halogens is 1. The molecule has 0 radical (unpaired) electrons. The van der Waals surface area contributed by atoms with Crippen molar-refractivity contribution in [2.24, 2.45) is 5.73 Å². The van der Waals surface area contributed by atoms with Crippen LogP contribution in [0.25, 0.3) is 0 Å². The van der Waals surface area contributed by atoms with E-state index in [1.54, 1.807) is 6.92 Å². The number of benzene rings is 1. The van der Waals surface area contributed by atoms with Crippen LogP contribution in [0.2, 0.25) is 0 Å². The number of hydrogen-bond donors (Lipinski definition) is 2. The molecule has 0 fully saturated rings. The number of nitrogens with two attached hydrogens (primary N) is 1. The van der Waals surface area contributed by atoms with Gasteiger partial charge in [-0.15, -0.1) is 0 Å². The van der Waals surface area contributed by atoms with E-state index in [1.807, 2.05) is 0 Å². The van der Waals surface area contributed by atoms with Crippen LogP contribution in [0.1, 0.15) is 27.6 Å². The number of nitrogens with zero attached hydrogens (tertiary/aromatic N) is 2. The molecule has 2 rings (SSSR count). The summed E-state index contributed by atoms with van der Waals surface area (Å²) in [5.41, 5.74) is 5.82. The molecule has 108 valence electrons. The molecule has 7 heteroatoms. The van der Waals surface area contributed by atoms with Crippen molar-refractivity contribution in [3.63, 3.8) is 0 Å². The summed E-state index contributed by atoms with van der Waals surface area (Å²) in [6.07, 6.45) is 0. The van der Waals surface area contributed by atoms with Crippen molar-refractivity contribution in [3.8, 4) is 11.8 Å². The lowest BCUT2D eigenvalue weighted by atomic mass is 10.1. The maximum atomic E-state index is 13.2. The van der Waals surface area contributed by atoms with Crippen LogP contribution in [0.5, 0.6) is 0 Å². The van der Waals surface area contributed by atoms with Crippen molar-refractivity contribution in [1.82, 2.24) is 15.5 Å². The Labute approximate surface area is 120 Å². The van der Waals surface area contributed by atoms with E-state index in [4.69, 9.17) is 10.3 Å². The van der Waals surface area contributed by atoms with E-state index in [-0.39, 0.29) is 24.2 Å². The second-order valence-corrected chi connectivity index (χ2v) is 4.11. The van der Waals surface area contributed by atoms with Crippen molar-refractivity contribution in [2.45, 2.75) is 13.5 Å². The molecule has 21 heavy (non-hydrogen) atoms. The zero-order chi connectivity index (χ0) is 15.2. The first-order valence-electron chi connectivity index (χ1n) is 6.16. The Hall–Kier alpha value is -2.72. The summed E-state index contributed by atoms with van der Waals surface area (Å²) in [5.74, 6) is 5.16. The largest absolute Gasteiger partial charge is 0.345 e. The standard InChI is InChI=1S/C14H13FN4O2/c1-9-18-13(19-21-9)8-17-14(20)12-5-4-11(15)7-10(12)3-2-6-16/h4-5,7H,6,8,16H2,1H3,(H,17,20). The fourth-order valence-electron chi connectivity index (χ4n) is 1.63. The van der Waals surface area contributed by atoms with Crippen LogP contribution in [0, 0.1) is 24.6 Å². The third-order valence-corrected chi connectivity index (χ3v) is 2.53. The van der Waals surface area contributed by atoms with Crippen LogP contribution in [0.15, 0.2) is 22.7 Å². The van der Waals surface area contributed by atoms with Gasteiger partial charge >= 0.3 is 0 Å². The molecule has 3 N–H and O–H groups in total. The lowest BCUT2D eigenvalue weighted by molar-refractivity contribution is 0.0949. The number of amides is 1. The summed E-state index contributed by atoms with van der Waals surface area (Å²) in [6, 6.07) is 3.75. The van der Waals surface area contributed by atoms with Crippen molar-refractivity contribution >= 4 is 5.91 Å². The van der Waals surface area contributed by atoms with E-state index >= 15 is 0 Å². The maximum Gasteiger partial charge on any atom is 0.252 e. The smallest absolute Gasteiger partial charge is 0.252 e. The monoisotopic (exact) mass is 288 g/mol. The molecule has 2 aromatic rings. The van der Waals surface area contributed by atoms with Crippen molar-refractivity contribution in [3.05, 3.63) is 46.9 Å². The SMILES string of the molecule is Cc1nc(CNC(=O)c2ccc(F)cc2C#CCN)no1. The van der Waals surface area contributed by atoms with E-state index in [0.29, 0.717) is 11.7 Å². The lowest BCUT2D eigenvalue weighted by Gasteiger charge is -2.05. The first-order chi connectivity index (χ1) is 10.1. The molecule has 0 aliphatic rings. The fraction of sp³-hybridized carbons (Fsp3) is 0.214. The van der Waals surface area contributed by atoms with Gasteiger partial charge in [-0.1, -0.05) is 17.0 Å². The van der Waals surface area contributed by atoms with E-state index < -0.39 is 11.7 Å². The van der Waals surface area contributed by atoms with Crippen LogP contribution >= 0.6 is 0 Å². The molecule has 6 nitrogen and oxygen atoms in total. The zero-order valence-corrected chi connectivity index (χ0v) is 11.3. The quantitative estimate of drug-likeness (QED) is 0.813. The first-order valence-corrected chi connectivity index (χ1v) is 6.16. The minimum atomic E-state index is -0.471. The summed E-state index contributed by atoms with van der Waals surface area (Å²) < 4.78 is 18.0. The molecule has 1 amide bonds. The number of aromatic nitrogens is 2. The molecule has 0 aliphatic heterocycles. The van der Waals surface area contributed by atoms with Crippen molar-refractivity contribution < 1.29 is 13.7 Å². The molecular weight excluding hydrogens is 275 g/mol. The Balaban J connectivity index is 2.14. The summed E-state index contributed by atoms with van der Waals surface area (Å²) in [6.45, 7) is 1.88.